The van der Waals surface area contributed by atoms with Crippen molar-refractivity contribution >= 4 is 11.8 Å². The van der Waals surface area contributed by atoms with Crippen molar-refractivity contribution in [2.45, 2.75) is 74.2 Å². The summed E-state index contributed by atoms with van der Waals surface area (Å²) >= 11 is 2.10. The third-order valence-corrected chi connectivity index (χ3v) is 7.23. The second-order valence-electron chi connectivity index (χ2n) is 7.16. The zero-order valence-electron chi connectivity index (χ0n) is 13.5. The molecular weight excluding hydrogens is 282 g/mol. The molecule has 0 radical (unpaired) electrons. The van der Waals surface area contributed by atoms with Gasteiger partial charge >= 0.3 is 0 Å². The first-order chi connectivity index (χ1) is 10.3. The van der Waals surface area contributed by atoms with Crippen LogP contribution in [0.3, 0.4) is 0 Å². The lowest BCUT2D eigenvalue weighted by Gasteiger charge is -2.45. The maximum absolute atomic E-state index is 6.15. The SMILES string of the molecule is CSC1(CNC2CCOC3(CCOCC3)C2)CCCCC1. The van der Waals surface area contributed by atoms with E-state index in [4.69, 9.17) is 9.47 Å². The molecule has 2 aliphatic heterocycles. The van der Waals surface area contributed by atoms with Gasteiger partial charge in [-0.05, 0) is 44.8 Å². The van der Waals surface area contributed by atoms with E-state index in [1.54, 1.807) is 0 Å². The average Bonchev–Trinajstić information content (AvgIpc) is 2.55. The molecule has 3 fully saturated rings. The van der Waals surface area contributed by atoms with Crippen LogP contribution in [0.1, 0.15) is 57.8 Å². The molecule has 1 atom stereocenters. The lowest BCUT2D eigenvalue weighted by Crippen LogP contribution is -2.52. The monoisotopic (exact) mass is 313 g/mol. The van der Waals surface area contributed by atoms with Gasteiger partial charge in [-0.15, -0.1) is 0 Å². The lowest BCUT2D eigenvalue weighted by atomic mass is 9.83. The van der Waals surface area contributed by atoms with Crippen LogP contribution in [-0.4, -0.2) is 49.0 Å². The lowest BCUT2D eigenvalue weighted by molar-refractivity contribution is -0.140. The second kappa shape index (κ2) is 7.20. The molecule has 3 rings (SSSR count). The van der Waals surface area contributed by atoms with Gasteiger partial charge in [0.15, 0.2) is 0 Å². The molecule has 0 aromatic heterocycles. The Morgan fingerprint density at radius 2 is 1.81 bits per heavy atom. The summed E-state index contributed by atoms with van der Waals surface area (Å²) in [5.41, 5.74) is 0.118. The van der Waals surface area contributed by atoms with Crippen LogP contribution in [-0.2, 0) is 9.47 Å². The molecule has 0 bridgehead atoms. The topological polar surface area (TPSA) is 30.5 Å². The van der Waals surface area contributed by atoms with Crippen molar-refractivity contribution < 1.29 is 9.47 Å². The maximum Gasteiger partial charge on any atom is 0.0741 e. The summed E-state index contributed by atoms with van der Waals surface area (Å²) in [5, 5.41) is 3.91. The summed E-state index contributed by atoms with van der Waals surface area (Å²) < 4.78 is 12.2. The summed E-state index contributed by atoms with van der Waals surface area (Å²) in [6, 6.07) is 0.641. The van der Waals surface area contributed by atoms with Crippen molar-refractivity contribution in [1.82, 2.24) is 5.32 Å². The third-order valence-electron chi connectivity index (χ3n) is 5.81. The quantitative estimate of drug-likeness (QED) is 0.862. The highest BCUT2D eigenvalue weighted by Crippen LogP contribution is 2.39. The van der Waals surface area contributed by atoms with Gasteiger partial charge in [-0.3, -0.25) is 0 Å². The standard InChI is InChI=1S/C17H31NO2S/c1-21-17(6-3-2-4-7-17)14-18-15-5-10-20-16(13-15)8-11-19-12-9-16/h15,18H,2-14H2,1H3. The fraction of sp³-hybridized carbons (Fsp3) is 1.00. The smallest absolute Gasteiger partial charge is 0.0741 e. The van der Waals surface area contributed by atoms with E-state index < -0.39 is 0 Å². The highest BCUT2D eigenvalue weighted by atomic mass is 32.2. The molecule has 0 aromatic carbocycles. The van der Waals surface area contributed by atoms with Gasteiger partial charge in [-0.2, -0.15) is 11.8 Å². The van der Waals surface area contributed by atoms with Crippen LogP contribution in [0, 0.1) is 0 Å². The van der Waals surface area contributed by atoms with Crippen LogP contribution in [0.25, 0.3) is 0 Å². The fourth-order valence-corrected chi connectivity index (χ4v) is 5.20. The Morgan fingerprint density at radius 1 is 1.05 bits per heavy atom. The van der Waals surface area contributed by atoms with E-state index in [9.17, 15) is 0 Å². The normalized spacial score (nSPS) is 32.1. The molecule has 1 saturated carbocycles. The summed E-state index contributed by atoms with van der Waals surface area (Å²) in [7, 11) is 0. The van der Waals surface area contributed by atoms with Crippen LogP contribution >= 0.6 is 11.8 Å². The zero-order chi connectivity index (χ0) is 14.6. The number of hydrogen-bond acceptors (Lipinski definition) is 4. The summed E-state index contributed by atoms with van der Waals surface area (Å²) in [6.45, 7) is 3.86. The fourth-order valence-electron chi connectivity index (χ4n) is 4.27. The van der Waals surface area contributed by atoms with E-state index >= 15 is 0 Å². The number of nitrogens with one attached hydrogen (secondary N) is 1. The first-order valence-corrected chi connectivity index (χ1v) is 9.99. The van der Waals surface area contributed by atoms with E-state index in [2.05, 4.69) is 23.3 Å². The van der Waals surface area contributed by atoms with Crippen molar-refractivity contribution in [2.75, 3.05) is 32.6 Å². The van der Waals surface area contributed by atoms with Crippen molar-refractivity contribution in [3.8, 4) is 0 Å². The molecule has 4 heteroatoms. The predicted molar refractivity (Wildman–Crippen MR) is 89.1 cm³/mol. The minimum atomic E-state index is 0.118. The summed E-state index contributed by atoms with van der Waals surface area (Å²) in [5.74, 6) is 0. The molecule has 21 heavy (non-hydrogen) atoms. The molecule has 1 N–H and O–H groups in total. The molecule has 122 valence electrons. The molecule has 0 aromatic rings. The Hall–Kier alpha value is 0.230. The van der Waals surface area contributed by atoms with Crippen LogP contribution in [0.15, 0.2) is 0 Å². The first-order valence-electron chi connectivity index (χ1n) is 8.76. The molecule has 3 aliphatic rings. The minimum Gasteiger partial charge on any atom is -0.381 e. The van der Waals surface area contributed by atoms with Gasteiger partial charge in [0, 0.05) is 37.2 Å². The van der Waals surface area contributed by atoms with E-state index in [-0.39, 0.29) is 5.60 Å². The van der Waals surface area contributed by atoms with Gasteiger partial charge in [0.25, 0.3) is 0 Å². The number of hydrogen-bond donors (Lipinski definition) is 1. The number of thioether (sulfide) groups is 1. The Labute approximate surface area is 133 Å². The van der Waals surface area contributed by atoms with Crippen molar-refractivity contribution in [1.29, 1.82) is 0 Å². The van der Waals surface area contributed by atoms with Gasteiger partial charge in [0.05, 0.1) is 5.60 Å². The number of rotatable bonds is 4. The summed E-state index contributed by atoms with van der Waals surface area (Å²) in [6.07, 6.45) is 13.9. The van der Waals surface area contributed by atoms with Gasteiger partial charge < -0.3 is 14.8 Å². The molecule has 0 amide bonds. The molecule has 1 aliphatic carbocycles. The Morgan fingerprint density at radius 3 is 2.52 bits per heavy atom. The van der Waals surface area contributed by atoms with Gasteiger partial charge in [0.2, 0.25) is 0 Å². The van der Waals surface area contributed by atoms with Crippen molar-refractivity contribution in [3.63, 3.8) is 0 Å². The van der Waals surface area contributed by atoms with Gasteiger partial charge in [0.1, 0.15) is 0 Å². The van der Waals surface area contributed by atoms with E-state index in [0.29, 0.717) is 10.8 Å². The highest BCUT2D eigenvalue weighted by Gasteiger charge is 2.40. The Bertz CT molecular complexity index is 319. The average molecular weight is 314 g/mol. The molecule has 1 unspecified atom stereocenters. The zero-order valence-corrected chi connectivity index (χ0v) is 14.3. The first kappa shape index (κ1) is 16.1. The predicted octanol–water partition coefficient (Wildman–Crippen LogP) is 3.37. The molecule has 2 saturated heterocycles. The van der Waals surface area contributed by atoms with E-state index in [0.717, 1.165) is 32.7 Å². The molecule has 2 heterocycles. The number of ether oxygens (including phenoxy) is 2. The molecular formula is C17H31NO2S. The molecule has 3 nitrogen and oxygen atoms in total. The van der Waals surface area contributed by atoms with Crippen LogP contribution in [0.5, 0.6) is 0 Å². The third kappa shape index (κ3) is 3.95. The van der Waals surface area contributed by atoms with Gasteiger partial charge in [-0.25, -0.2) is 0 Å². The largest absolute Gasteiger partial charge is 0.381 e. The minimum absolute atomic E-state index is 0.118. The van der Waals surface area contributed by atoms with Gasteiger partial charge in [-0.1, -0.05) is 19.3 Å². The Kier molecular flexibility index (Phi) is 5.52. The van der Waals surface area contributed by atoms with Crippen molar-refractivity contribution in [3.05, 3.63) is 0 Å². The summed E-state index contributed by atoms with van der Waals surface area (Å²) in [4.78, 5) is 0. The maximum atomic E-state index is 6.15. The highest BCUT2D eigenvalue weighted by molar-refractivity contribution is 8.00. The van der Waals surface area contributed by atoms with E-state index in [1.165, 1.54) is 51.5 Å². The molecule has 1 spiro atoms. The Balaban J connectivity index is 1.52. The second-order valence-corrected chi connectivity index (χ2v) is 8.44. The van der Waals surface area contributed by atoms with Crippen molar-refractivity contribution in [2.24, 2.45) is 0 Å². The van der Waals surface area contributed by atoms with Crippen LogP contribution in [0.2, 0.25) is 0 Å². The van der Waals surface area contributed by atoms with E-state index in [1.807, 2.05) is 0 Å². The van der Waals surface area contributed by atoms with Crippen LogP contribution < -0.4 is 5.32 Å². The van der Waals surface area contributed by atoms with Crippen LogP contribution in [0.4, 0.5) is 0 Å².